The molecular formula is C9H14O2. The zero-order chi connectivity index (χ0) is 8.32. The number of hydrogen-bond donors (Lipinski definition) is 0. The lowest BCUT2D eigenvalue weighted by Gasteiger charge is -2.21. The summed E-state index contributed by atoms with van der Waals surface area (Å²) in [5, 5.41) is 0. The van der Waals surface area contributed by atoms with Gasteiger partial charge in [-0.2, -0.15) is 0 Å². The van der Waals surface area contributed by atoms with Crippen LogP contribution in [0.4, 0.5) is 0 Å². The maximum absolute atomic E-state index is 5.58. The summed E-state index contributed by atoms with van der Waals surface area (Å²) in [6.45, 7) is 2.54. The molecule has 62 valence electrons. The first-order valence-corrected chi connectivity index (χ1v) is 3.87. The van der Waals surface area contributed by atoms with Gasteiger partial charge < -0.3 is 9.47 Å². The molecule has 2 atom stereocenters. The Kier molecular flexibility index (Phi) is 2.53. The summed E-state index contributed by atoms with van der Waals surface area (Å²) in [4.78, 5) is 0. The van der Waals surface area contributed by atoms with E-state index in [0.29, 0.717) is 6.61 Å². The fourth-order valence-electron chi connectivity index (χ4n) is 1.43. The van der Waals surface area contributed by atoms with E-state index in [9.17, 15) is 0 Å². The fraction of sp³-hybridized carbons (Fsp3) is 0.778. The molecule has 0 saturated carbocycles. The molecule has 0 bridgehead atoms. The SMILES string of the molecule is C#C[C@@]1(COC)CC[C@H](C)O1. The number of ether oxygens (including phenoxy) is 2. The lowest BCUT2D eigenvalue weighted by Crippen LogP contribution is -2.32. The number of methoxy groups -OCH3 is 1. The van der Waals surface area contributed by atoms with Gasteiger partial charge in [0.2, 0.25) is 0 Å². The third-order valence-electron chi connectivity index (χ3n) is 2.02. The summed E-state index contributed by atoms with van der Waals surface area (Å²) in [5.74, 6) is 2.66. The van der Waals surface area contributed by atoms with Crippen molar-refractivity contribution in [3.05, 3.63) is 0 Å². The molecule has 0 aromatic heterocycles. The lowest BCUT2D eigenvalue weighted by molar-refractivity contribution is -0.0393. The molecule has 11 heavy (non-hydrogen) atoms. The molecule has 0 radical (unpaired) electrons. The van der Waals surface area contributed by atoms with Crippen LogP contribution in [-0.4, -0.2) is 25.4 Å². The Morgan fingerprint density at radius 1 is 1.82 bits per heavy atom. The minimum Gasteiger partial charge on any atom is -0.381 e. The molecule has 1 aliphatic rings. The van der Waals surface area contributed by atoms with Crippen LogP contribution in [0.1, 0.15) is 19.8 Å². The van der Waals surface area contributed by atoms with Crippen LogP contribution in [0.3, 0.4) is 0 Å². The maximum atomic E-state index is 5.58. The molecule has 0 amide bonds. The van der Waals surface area contributed by atoms with Gasteiger partial charge in [0.1, 0.15) is 0 Å². The maximum Gasteiger partial charge on any atom is 0.151 e. The summed E-state index contributed by atoms with van der Waals surface area (Å²) in [5.41, 5.74) is -0.436. The van der Waals surface area contributed by atoms with E-state index in [2.05, 4.69) is 5.92 Å². The van der Waals surface area contributed by atoms with Gasteiger partial charge in [0, 0.05) is 7.11 Å². The van der Waals surface area contributed by atoms with Crippen LogP contribution in [-0.2, 0) is 9.47 Å². The van der Waals surface area contributed by atoms with Crippen LogP contribution < -0.4 is 0 Å². The van der Waals surface area contributed by atoms with Gasteiger partial charge >= 0.3 is 0 Å². The van der Waals surface area contributed by atoms with Crippen LogP contribution >= 0.6 is 0 Å². The van der Waals surface area contributed by atoms with Crippen molar-refractivity contribution in [3.63, 3.8) is 0 Å². The molecular weight excluding hydrogens is 140 g/mol. The van der Waals surface area contributed by atoms with Gasteiger partial charge in [-0.15, -0.1) is 6.42 Å². The molecule has 1 rings (SSSR count). The van der Waals surface area contributed by atoms with Crippen LogP contribution in [0.2, 0.25) is 0 Å². The number of hydrogen-bond acceptors (Lipinski definition) is 2. The van der Waals surface area contributed by atoms with E-state index in [-0.39, 0.29) is 6.10 Å². The lowest BCUT2D eigenvalue weighted by atomic mass is 10.0. The Hall–Kier alpha value is -0.520. The van der Waals surface area contributed by atoms with E-state index in [0.717, 1.165) is 12.8 Å². The quantitative estimate of drug-likeness (QED) is 0.556. The van der Waals surface area contributed by atoms with Gasteiger partial charge in [0.15, 0.2) is 5.60 Å². The Labute approximate surface area is 67.9 Å². The standard InChI is InChI=1S/C9H14O2/c1-4-9(7-10-3)6-5-8(2)11-9/h1,8H,5-7H2,2-3H3/t8-,9-/m0/s1. The van der Waals surface area contributed by atoms with Gasteiger partial charge in [-0.25, -0.2) is 0 Å². The highest BCUT2D eigenvalue weighted by Crippen LogP contribution is 2.29. The molecule has 0 unspecified atom stereocenters. The van der Waals surface area contributed by atoms with Gasteiger partial charge in [-0.05, 0) is 19.8 Å². The molecule has 1 aliphatic heterocycles. The van der Waals surface area contributed by atoms with Crippen molar-refractivity contribution < 1.29 is 9.47 Å². The Morgan fingerprint density at radius 3 is 2.91 bits per heavy atom. The van der Waals surface area contributed by atoms with Crippen LogP contribution in [0.5, 0.6) is 0 Å². The Balaban J connectivity index is 2.57. The van der Waals surface area contributed by atoms with Crippen molar-refractivity contribution in [2.24, 2.45) is 0 Å². The summed E-state index contributed by atoms with van der Waals surface area (Å²) >= 11 is 0. The first-order chi connectivity index (χ1) is 5.22. The second-order valence-electron chi connectivity index (χ2n) is 3.04. The average molecular weight is 154 g/mol. The molecule has 0 aromatic carbocycles. The third-order valence-corrected chi connectivity index (χ3v) is 2.02. The monoisotopic (exact) mass is 154 g/mol. The molecule has 2 heteroatoms. The summed E-state index contributed by atoms with van der Waals surface area (Å²) in [6, 6.07) is 0. The Morgan fingerprint density at radius 2 is 2.55 bits per heavy atom. The van der Waals surface area contributed by atoms with E-state index < -0.39 is 5.60 Å². The molecule has 1 saturated heterocycles. The van der Waals surface area contributed by atoms with E-state index in [1.165, 1.54) is 0 Å². The fourth-order valence-corrected chi connectivity index (χ4v) is 1.43. The molecule has 0 aliphatic carbocycles. The van der Waals surface area contributed by atoms with Crippen molar-refractivity contribution in [1.82, 2.24) is 0 Å². The van der Waals surface area contributed by atoms with Crippen molar-refractivity contribution in [2.45, 2.75) is 31.5 Å². The largest absolute Gasteiger partial charge is 0.381 e. The normalized spacial score (nSPS) is 37.0. The van der Waals surface area contributed by atoms with Gasteiger partial charge in [0.25, 0.3) is 0 Å². The van der Waals surface area contributed by atoms with Crippen LogP contribution in [0.25, 0.3) is 0 Å². The van der Waals surface area contributed by atoms with Gasteiger partial charge in [0.05, 0.1) is 12.7 Å². The highest BCUT2D eigenvalue weighted by Gasteiger charge is 2.36. The topological polar surface area (TPSA) is 18.5 Å². The second kappa shape index (κ2) is 3.25. The average Bonchev–Trinajstić information content (AvgIpc) is 2.34. The van der Waals surface area contributed by atoms with Crippen LogP contribution in [0, 0.1) is 12.3 Å². The summed E-state index contributed by atoms with van der Waals surface area (Å²) in [6.07, 6.45) is 7.59. The third kappa shape index (κ3) is 1.74. The molecule has 2 nitrogen and oxygen atoms in total. The first kappa shape index (κ1) is 8.58. The van der Waals surface area contributed by atoms with Gasteiger partial charge in [-0.1, -0.05) is 5.92 Å². The number of terminal acetylenes is 1. The van der Waals surface area contributed by atoms with E-state index in [4.69, 9.17) is 15.9 Å². The number of rotatable bonds is 2. The van der Waals surface area contributed by atoms with Crippen LogP contribution in [0.15, 0.2) is 0 Å². The molecule has 0 aromatic rings. The highest BCUT2D eigenvalue weighted by molar-refractivity contribution is 5.11. The van der Waals surface area contributed by atoms with E-state index in [1.807, 2.05) is 6.92 Å². The van der Waals surface area contributed by atoms with Crippen molar-refractivity contribution >= 4 is 0 Å². The zero-order valence-corrected chi connectivity index (χ0v) is 7.09. The highest BCUT2D eigenvalue weighted by atomic mass is 16.5. The minimum atomic E-state index is -0.436. The molecule has 1 fully saturated rings. The molecule has 0 N–H and O–H groups in total. The van der Waals surface area contributed by atoms with E-state index in [1.54, 1.807) is 7.11 Å². The second-order valence-corrected chi connectivity index (χ2v) is 3.04. The van der Waals surface area contributed by atoms with Crippen molar-refractivity contribution in [2.75, 3.05) is 13.7 Å². The van der Waals surface area contributed by atoms with Gasteiger partial charge in [-0.3, -0.25) is 0 Å². The summed E-state index contributed by atoms with van der Waals surface area (Å²) < 4.78 is 10.6. The van der Waals surface area contributed by atoms with Crippen molar-refractivity contribution in [3.8, 4) is 12.3 Å². The van der Waals surface area contributed by atoms with Crippen molar-refractivity contribution in [1.29, 1.82) is 0 Å². The first-order valence-electron chi connectivity index (χ1n) is 3.87. The minimum absolute atomic E-state index is 0.279. The predicted octanol–water partition coefficient (Wildman–Crippen LogP) is 1.20. The molecule has 0 spiro atoms. The molecule has 1 heterocycles. The van der Waals surface area contributed by atoms with E-state index >= 15 is 0 Å². The smallest absolute Gasteiger partial charge is 0.151 e. The summed E-state index contributed by atoms with van der Waals surface area (Å²) in [7, 11) is 1.64. The predicted molar refractivity (Wildman–Crippen MR) is 43.2 cm³/mol. The zero-order valence-electron chi connectivity index (χ0n) is 7.09. The Bertz CT molecular complexity index is 167.